The van der Waals surface area contributed by atoms with Crippen LogP contribution in [0.3, 0.4) is 0 Å². The molecular formula is C10H9ClN4O4. The molecule has 0 atom stereocenters. The van der Waals surface area contributed by atoms with Crippen molar-refractivity contribution in [2.24, 2.45) is 16.0 Å². The number of nitrogens with zero attached hydrogens (tertiary/aromatic N) is 3. The Kier molecular flexibility index (Phi) is 4.54. The highest BCUT2D eigenvalue weighted by molar-refractivity contribution is 6.32. The van der Waals surface area contributed by atoms with E-state index >= 15 is 0 Å². The fourth-order valence-corrected chi connectivity index (χ4v) is 1.30. The molecule has 1 aromatic carbocycles. The summed E-state index contributed by atoms with van der Waals surface area (Å²) < 4.78 is 0. The SMILES string of the molecule is C/C(O)=C(\N=Nc1ccc(Cl)c([N+](=O)[O-])c1)C(N)=O. The minimum Gasteiger partial charge on any atom is -0.510 e. The Labute approximate surface area is 112 Å². The number of carbonyl (C=O) groups excluding carboxylic acids is 1. The number of hydrogen-bond acceptors (Lipinski definition) is 6. The minimum atomic E-state index is -0.966. The Morgan fingerprint density at radius 2 is 2.16 bits per heavy atom. The molecule has 0 unspecified atom stereocenters. The van der Waals surface area contributed by atoms with Gasteiger partial charge in [-0.1, -0.05) is 11.6 Å². The summed E-state index contributed by atoms with van der Waals surface area (Å²) in [6, 6.07) is 3.72. The van der Waals surface area contributed by atoms with Crippen molar-refractivity contribution in [2.75, 3.05) is 0 Å². The van der Waals surface area contributed by atoms with Crippen molar-refractivity contribution in [3.05, 3.63) is 44.8 Å². The van der Waals surface area contributed by atoms with Crippen LogP contribution in [0.25, 0.3) is 0 Å². The molecule has 0 aliphatic heterocycles. The van der Waals surface area contributed by atoms with E-state index in [9.17, 15) is 14.9 Å². The lowest BCUT2D eigenvalue weighted by atomic mass is 10.3. The molecule has 8 nitrogen and oxygen atoms in total. The molecular weight excluding hydrogens is 276 g/mol. The number of aliphatic hydroxyl groups excluding tert-OH is 1. The van der Waals surface area contributed by atoms with Crippen molar-refractivity contribution < 1.29 is 14.8 Å². The van der Waals surface area contributed by atoms with Gasteiger partial charge >= 0.3 is 0 Å². The maximum atomic E-state index is 10.9. The summed E-state index contributed by atoms with van der Waals surface area (Å²) in [7, 11) is 0. The van der Waals surface area contributed by atoms with Crippen LogP contribution in [0.15, 0.2) is 39.9 Å². The van der Waals surface area contributed by atoms with Gasteiger partial charge in [-0.3, -0.25) is 14.9 Å². The van der Waals surface area contributed by atoms with Gasteiger partial charge in [0.2, 0.25) is 0 Å². The standard InChI is InChI=1S/C10H9ClN4O4/c1-5(16)9(10(12)17)14-13-6-2-3-7(11)8(4-6)15(18)19/h2-4,16H,1H3,(H2,12,17)/b9-5+,14-13?. The van der Waals surface area contributed by atoms with Crippen molar-refractivity contribution in [3.63, 3.8) is 0 Å². The molecule has 0 bridgehead atoms. The van der Waals surface area contributed by atoms with Gasteiger partial charge in [-0.25, -0.2) is 0 Å². The molecule has 0 saturated heterocycles. The van der Waals surface area contributed by atoms with Crippen LogP contribution >= 0.6 is 11.6 Å². The van der Waals surface area contributed by atoms with Crippen LogP contribution in [-0.4, -0.2) is 15.9 Å². The first-order valence-corrected chi connectivity index (χ1v) is 5.26. The van der Waals surface area contributed by atoms with Gasteiger partial charge in [-0.05, 0) is 19.1 Å². The highest BCUT2D eigenvalue weighted by Gasteiger charge is 2.13. The maximum absolute atomic E-state index is 10.9. The van der Waals surface area contributed by atoms with Gasteiger partial charge in [0.05, 0.1) is 10.6 Å². The first-order chi connectivity index (χ1) is 8.82. The number of azo groups is 1. The molecule has 100 valence electrons. The Morgan fingerprint density at radius 1 is 1.53 bits per heavy atom. The molecule has 0 aliphatic carbocycles. The number of nitrogens with two attached hydrogens (primary N) is 1. The van der Waals surface area contributed by atoms with Crippen molar-refractivity contribution in [3.8, 4) is 0 Å². The van der Waals surface area contributed by atoms with Crippen LogP contribution in [-0.2, 0) is 4.79 Å². The van der Waals surface area contributed by atoms with Gasteiger partial charge in [0.15, 0.2) is 5.70 Å². The van der Waals surface area contributed by atoms with Crippen LogP contribution in [0.2, 0.25) is 5.02 Å². The first-order valence-electron chi connectivity index (χ1n) is 4.88. The van der Waals surface area contributed by atoms with E-state index in [1.54, 1.807) is 0 Å². The third kappa shape index (κ3) is 3.75. The number of halogens is 1. The zero-order chi connectivity index (χ0) is 14.6. The number of benzene rings is 1. The molecule has 0 saturated carbocycles. The number of allylic oxidation sites excluding steroid dienone is 1. The number of carbonyl (C=O) groups is 1. The van der Waals surface area contributed by atoms with E-state index in [1.807, 2.05) is 0 Å². The fourth-order valence-electron chi connectivity index (χ4n) is 1.11. The minimum absolute atomic E-state index is 0.0482. The summed E-state index contributed by atoms with van der Waals surface area (Å²) in [4.78, 5) is 20.9. The molecule has 0 heterocycles. The predicted octanol–water partition coefficient (Wildman–Crippen LogP) is 2.61. The van der Waals surface area contributed by atoms with Crippen LogP contribution in [0.4, 0.5) is 11.4 Å². The van der Waals surface area contributed by atoms with E-state index in [-0.39, 0.29) is 16.4 Å². The molecule has 1 amide bonds. The van der Waals surface area contributed by atoms with Crippen molar-refractivity contribution in [1.82, 2.24) is 0 Å². The zero-order valence-corrected chi connectivity index (χ0v) is 10.5. The first kappa shape index (κ1) is 14.6. The van der Waals surface area contributed by atoms with Crippen molar-refractivity contribution in [1.29, 1.82) is 0 Å². The molecule has 19 heavy (non-hydrogen) atoms. The summed E-state index contributed by atoms with van der Waals surface area (Å²) >= 11 is 5.62. The second-order valence-corrected chi connectivity index (χ2v) is 3.80. The average molecular weight is 285 g/mol. The summed E-state index contributed by atoms with van der Waals surface area (Å²) in [6.07, 6.45) is 0. The number of primary amides is 1. The van der Waals surface area contributed by atoms with E-state index in [0.717, 1.165) is 6.07 Å². The smallest absolute Gasteiger partial charge is 0.290 e. The Morgan fingerprint density at radius 3 is 2.63 bits per heavy atom. The number of hydrogen-bond donors (Lipinski definition) is 2. The molecule has 0 aliphatic rings. The quantitative estimate of drug-likeness (QED) is 0.289. The highest BCUT2D eigenvalue weighted by Crippen LogP contribution is 2.29. The second kappa shape index (κ2) is 5.91. The van der Waals surface area contributed by atoms with Crippen LogP contribution in [0, 0.1) is 10.1 Å². The Balaban J connectivity index is 3.13. The van der Waals surface area contributed by atoms with Gasteiger partial charge in [-0.15, -0.1) is 10.2 Å². The largest absolute Gasteiger partial charge is 0.510 e. The molecule has 0 radical (unpaired) electrons. The fraction of sp³-hybridized carbons (Fsp3) is 0.100. The van der Waals surface area contributed by atoms with Gasteiger partial charge in [0, 0.05) is 6.07 Å². The van der Waals surface area contributed by atoms with E-state index in [4.69, 9.17) is 22.4 Å². The summed E-state index contributed by atoms with van der Waals surface area (Å²) in [5.74, 6) is -1.37. The maximum Gasteiger partial charge on any atom is 0.290 e. The normalized spacial score (nSPS) is 12.3. The predicted molar refractivity (Wildman–Crippen MR) is 67.1 cm³/mol. The lowest BCUT2D eigenvalue weighted by Gasteiger charge is -1.98. The molecule has 9 heteroatoms. The lowest BCUT2D eigenvalue weighted by molar-refractivity contribution is -0.384. The summed E-state index contributed by atoms with van der Waals surface area (Å²) in [5.41, 5.74) is 4.28. The molecule has 0 aromatic heterocycles. The second-order valence-electron chi connectivity index (χ2n) is 3.39. The third-order valence-electron chi connectivity index (χ3n) is 1.97. The number of nitro benzene ring substituents is 1. The van der Waals surface area contributed by atoms with Gasteiger partial charge in [-0.2, -0.15) is 0 Å². The van der Waals surface area contributed by atoms with E-state index in [2.05, 4.69) is 10.2 Å². The molecule has 3 N–H and O–H groups in total. The van der Waals surface area contributed by atoms with E-state index in [0.29, 0.717) is 0 Å². The molecule has 0 fully saturated rings. The van der Waals surface area contributed by atoms with Gasteiger partial charge < -0.3 is 10.8 Å². The van der Waals surface area contributed by atoms with Crippen LogP contribution in [0.1, 0.15) is 6.92 Å². The number of amides is 1. The van der Waals surface area contributed by atoms with Crippen molar-refractivity contribution in [2.45, 2.75) is 6.92 Å². The highest BCUT2D eigenvalue weighted by atomic mass is 35.5. The third-order valence-corrected chi connectivity index (χ3v) is 2.29. The summed E-state index contributed by atoms with van der Waals surface area (Å²) in [6.45, 7) is 1.21. The van der Waals surface area contributed by atoms with Crippen LogP contribution in [0.5, 0.6) is 0 Å². The number of nitro groups is 1. The molecule has 1 rings (SSSR count). The average Bonchev–Trinajstić information content (AvgIpc) is 2.30. The molecule has 0 spiro atoms. The number of aliphatic hydroxyl groups is 1. The van der Waals surface area contributed by atoms with Crippen LogP contribution < -0.4 is 5.73 Å². The summed E-state index contributed by atoms with van der Waals surface area (Å²) in [5, 5.41) is 26.8. The lowest BCUT2D eigenvalue weighted by Crippen LogP contribution is -2.13. The van der Waals surface area contributed by atoms with Crippen molar-refractivity contribution >= 4 is 28.9 Å². The zero-order valence-electron chi connectivity index (χ0n) is 9.70. The topological polar surface area (TPSA) is 131 Å². The van der Waals surface area contributed by atoms with E-state index < -0.39 is 22.3 Å². The van der Waals surface area contributed by atoms with Gasteiger partial charge in [0.1, 0.15) is 10.8 Å². The molecule has 1 aromatic rings. The van der Waals surface area contributed by atoms with Gasteiger partial charge in [0.25, 0.3) is 11.6 Å². The Hall–Kier alpha value is -2.48. The Bertz CT molecular complexity index is 593. The monoisotopic (exact) mass is 284 g/mol. The van der Waals surface area contributed by atoms with E-state index in [1.165, 1.54) is 19.1 Å². The number of rotatable bonds is 4.